The largest absolute Gasteiger partial charge is 0.397 e. The Labute approximate surface area is 128 Å². The van der Waals surface area contributed by atoms with Crippen LogP contribution in [0.4, 0.5) is 15.8 Å². The molecule has 1 heterocycles. The molecule has 0 saturated carbocycles. The number of hydrogen-bond acceptors (Lipinski definition) is 4. The SMILES string of the molecule is CN(C)CCN1CCN(c2cc(Br)c(F)cc2N)CC1. The molecule has 0 atom stereocenters. The van der Waals surface area contributed by atoms with Crippen molar-refractivity contribution in [3.63, 3.8) is 0 Å². The standard InChI is InChI=1S/C14H22BrFN4/c1-18(2)3-4-19-5-7-20(8-6-19)14-9-11(15)12(16)10-13(14)17/h9-10H,3-8,17H2,1-2H3. The van der Waals surface area contributed by atoms with E-state index in [1.165, 1.54) is 6.07 Å². The van der Waals surface area contributed by atoms with Gasteiger partial charge >= 0.3 is 0 Å². The van der Waals surface area contributed by atoms with E-state index in [9.17, 15) is 4.39 Å². The first-order chi connectivity index (χ1) is 9.47. The maximum absolute atomic E-state index is 13.4. The second-order valence-electron chi connectivity index (χ2n) is 5.46. The Kier molecular flexibility index (Phi) is 5.23. The van der Waals surface area contributed by atoms with Crippen LogP contribution in [0.5, 0.6) is 0 Å². The fraction of sp³-hybridized carbons (Fsp3) is 0.571. The summed E-state index contributed by atoms with van der Waals surface area (Å²) in [6.45, 7) is 6.05. The van der Waals surface area contributed by atoms with E-state index in [4.69, 9.17) is 5.73 Å². The van der Waals surface area contributed by atoms with Gasteiger partial charge in [-0.1, -0.05) is 0 Å². The lowest BCUT2D eigenvalue weighted by atomic mass is 10.2. The van der Waals surface area contributed by atoms with Crippen LogP contribution in [-0.4, -0.2) is 63.2 Å². The molecule has 1 aliphatic heterocycles. The van der Waals surface area contributed by atoms with Gasteiger partial charge in [-0.2, -0.15) is 0 Å². The average molecular weight is 345 g/mol. The number of likely N-dealkylation sites (N-methyl/N-ethyl adjacent to an activating group) is 1. The van der Waals surface area contributed by atoms with E-state index >= 15 is 0 Å². The highest BCUT2D eigenvalue weighted by atomic mass is 79.9. The minimum absolute atomic E-state index is 0.309. The molecule has 0 aromatic heterocycles. The van der Waals surface area contributed by atoms with Crippen LogP contribution in [0.25, 0.3) is 0 Å². The van der Waals surface area contributed by atoms with Gasteiger partial charge in [0.15, 0.2) is 0 Å². The van der Waals surface area contributed by atoms with Crippen LogP contribution in [0.2, 0.25) is 0 Å². The molecule has 0 unspecified atom stereocenters. The fourth-order valence-corrected chi connectivity index (χ4v) is 2.71. The summed E-state index contributed by atoms with van der Waals surface area (Å²) in [6.07, 6.45) is 0. The summed E-state index contributed by atoms with van der Waals surface area (Å²) in [5.74, 6) is -0.309. The van der Waals surface area contributed by atoms with Gasteiger partial charge in [-0.15, -0.1) is 0 Å². The average Bonchev–Trinajstić information content (AvgIpc) is 2.41. The third-order valence-corrected chi connectivity index (χ3v) is 4.25. The van der Waals surface area contributed by atoms with Crippen molar-refractivity contribution in [2.75, 3.05) is 64.0 Å². The Hall–Kier alpha value is -0.850. The van der Waals surface area contributed by atoms with Gasteiger partial charge < -0.3 is 15.5 Å². The van der Waals surface area contributed by atoms with Crippen LogP contribution < -0.4 is 10.6 Å². The van der Waals surface area contributed by atoms with E-state index in [2.05, 4.69) is 44.7 Å². The number of rotatable bonds is 4. The minimum Gasteiger partial charge on any atom is -0.397 e. The van der Waals surface area contributed by atoms with Gasteiger partial charge in [0, 0.05) is 45.3 Å². The lowest BCUT2D eigenvalue weighted by Gasteiger charge is -2.37. The zero-order valence-corrected chi connectivity index (χ0v) is 13.7. The number of nitrogens with two attached hydrogens (primary N) is 1. The van der Waals surface area contributed by atoms with Crippen molar-refractivity contribution in [3.05, 3.63) is 22.4 Å². The maximum Gasteiger partial charge on any atom is 0.139 e. The zero-order chi connectivity index (χ0) is 14.7. The van der Waals surface area contributed by atoms with Crippen molar-refractivity contribution in [2.24, 2.45) is 0 Å². The smallest absolute Gasteiger partial charge is 0.139 e. The molecule has 0 amide bonds. The molecule has 0 bridgehead atoms. The van der Waals surface area contributed by atoms with Crippen molar-refractivity contribution in [2.45, 2.75) is 0 Å². The lowest BCUT2D eigenvalue weighted by Crippen LogP contribution is -2.48. The van der Waals surface area contributed by atoms with E-state index in [1.807, 2.05) is 0 Å². The van der Waals surface area contributed by atoms with E-state index < -0.39 is 0 Å². The van der Waals surface area contributed by atoms with Gasteiger partial charge in [0.2, 0.25) is 0 Å². The van der Waals surface area contributed by atoms with Crippen molar-refractivity contribution in [1.82, 2.24) is 9.80 Å². The summed E-state index contributed by atoms with van der Waals surface area (Å²) in [4.78, 5) is 6.87. The van der Waals surface area contributed by atoms with Crippen LogP contribution in [0.3, 0.4) is 0 Å². The molecule has 1 fully saturated rings. The quantitative estimate of drug-likeness (QED) is 0.845. The van der Waals surface area contributed by atoms with Crippen LogP contribution in [0.15, 0.2) is 16.6 Å². The first kappa shape index (κ1) is 15.5. The van der Waals surface area contributed by atoms with Gasteiger partial charge in [-0.25, -0.2) is 4.39 Å². The monoisotopic (exact) mass is 344 g/mol. The Morgan fingerprint density at radius 1 is 1.25 bits per heavy atom. The van der Waals surface area contributed by atoms with Crippen LogP contribution in [-0.2, 0) is 0 Å². The molecule has 6 heteroatoms. The van der Waals surface area contributed by atoms with Gasteiger partial charge in [0.25, 0.3) is 0 Å². The number of hydrogen-bond donors (Lipinski definition) is 1. The van der Waals surface area contributed by atoms with Crippen LogP contribution in [0, 0.1) is 5.82 Å². The summed E-state index contributed by atoms with van der Waals surface area (Å²) in [6, 6.07) is 3.16. The molecule has 2 rings (SSSR count). The van der Waals surface area contributed by atoms with Crippen molar-refractivity contribution >= 4 is 27.3 Å². The molecule has 112 valence electrons. The molecule has 20 heavy (non-hydrogen) atoms. The summed E-state index contributed by atoms with van der Waals surface area (Å²) < 4.78 is 13.9. The number of anilines is 2. The predicted octanol–water partition coefficient (Wildman–Crippen LogP) is 1.85. The molecule has 2 N–H and O–H groups in total. The number of benzene rings is 1. The van der Waals surface area contributed by atoms with E-state index in [0.717, 1.165) is 45.0 Å². The summed E-state index contributed by atoms with van der Waals surface area (Å²) in [5.41, 5.74) is 7.36. The third kappa shape index (κ3) is 3.84. The summed E-state index contributed by atoms with van der Waals surface area (Å²) >= 11 is 3.23. The Balaban J connectivity index is 1.95. The van der Waals surface area contributed by atoms with E-state index in [-0.39, 0.29) is 5.82 Å². The lowest BCUT2D eigenvalue weighted by molar-refractivity contribution is 0.229. The summed E-state index contributed by atoms with van der Waals surface area (Å²) in [5, 5.41) is 0. The third-order valence-electron chi connectivity index (χ3n) is 3.65. The highest BCUT2D eigenvalue weighted by Crippen LogP contribution is 2.30. The van der Waals surface area contributed by atoms with Gasteiger partial charge in [-0.3, -0.25) is 4.90 Å². The molecule has 1 aromatic carbocycles. The molecular weight excluding hydrogens is 323 g/mol. The van der Waals surface area contributed by atoms with Crippen LogP contribution in [0.1, 0.15) is 0 Å². The molecule has 1 aromatic rings. The van der Waals surface area contributed by atoms with Crippen molar-refractivity contribution in [1.29, 1.82) is 0 Å². The van der Waals surface area contributed by atoms with Crippen molar-refractivity contribution in [3.8, 4) is 0 Å². The fourth-order valence-electron chi connectivity index (χ4n) is 2.38. The number of nitrogens with zero attached hydrogens (tertiary/aromatic N) is 3. The minimum atomic E-state index is -0.309. The first-order valence-electron chi connectivity index (χ1n) is 6.84. The molecule has 0 spiro atoms. The first-order valence-corrected chi connectivity index (χ1v) is 7.63. The van der Waals surface area contributed by atoms with Crippen molar-refractivity contribution < 1.29 is 4.39 Å². The highest BCUT2D eigenvalue weighted by Gasteiger charge is 2.19. The molecule has 1 aliphatic rings. The van der Waals surface area contributed by atoms with Gasteiger partial charge in [0.1, 0.15) is 5.82 Å². The highest BCUT2D eigenvalue weighted by molar-refractivity contribution is 9.10. The predicted molar refractivity (Wildman–Crippen MR) is 85.7 cm³/mol. The van der Waals surface area contributed by atoms with Crippen LogP contribution >= 0.6 is 15.9 Å². The Morgan fingerprint density at radius 2 is 1.90 bits per heavy atom. The van der Waals surface area contributed by atoms with E-state index in [0.29, 0.717) is 10.2 Å². The number of nitrogen functional groups attached to an aromatic ring is 1. The molecule has 0 radical (unpaired) electrons. The molecule has 1 saturated heterocycles. The normalized spacial score (nSPS) is 16.9. The number of halogens is 2. The molecular formula is C14H22BrFN4. The number of piperazine rings is 1. The maximum atomic E-state index is 13.4. The van der Waals surface area contributed by atoms with E-state index in [1.54, 1.807) is 6.07 Å². The molecule has 4 nitrogen and oxygen atoms in total. The Morgan fingerprint density at radius 3 is 2.50 bits per heavy atom. The summed E-state index contributed by atoms with van der Waals surface area (Å²) in [7, 11) is 4.18. The zero-order valence-electron chi connectivity index (χ0n) is 12.1. The molecule has 0 aliphatic carbocycles. The topological polar surface area (TPSA) is 35.7 Å². The Bertz CT molecular complexity index is 459. The second-order valence-corrected chi connectivity index (χ2v) is 6.31. The van der Waals surface area contributed by atoms with Gasteiger partial charge in [-0.05, 0) is 36.1 Å². The second kappa shape index (κ2) is 6.74. The van der Waals surface area contributed by atoms with Gasteiger partial charge in [0.05, 0.1) is 15.8 Å².